The second-order valence-corrected chi connectivity index (χ2v) is 10.6. The third-order valence-electron chi connectivity index (χ3n) is 6.54. The molecule has 0 aliphatic carbocycles. The first-order chi connectivity index (χ1) is 17.0. The van der Waals surface area contributed by atoms with Gasteiger partial charge in [0, 0.05) is 31.7 Å². The van der Waals surface area contributed by atoms with Crippen LogP contribution in [-0.4, -0.2) is 47.5 Å². The first-order valence-corrected chi connectivity index (χ1v) is 13.1. The van der Waals surface area contributed by atoms with E-state index in [9.17, 15) is 12.8 Å². The van der Waals surface area contributed by atoms with Gasteiger partial charge in [-0.25, -0.2) is 22.8 Å². The minimum Gasteiger partial charge on any atom is -0.497 e. The Kier molecular flexibility index (Phi) is 6.53. The first-order valence-electron chi connectivity index (χ1n) is 11.7. The van der Waals surface area contributed by atoms with E-state index in [0.29, 0.717) is 25.9 Å². The molecule has 4 aromatic rings. The van der Waals surface area contributed by atoms with Crippen LogP contribution in [0.15, 0.2) is 71.8 Å². The fraction of sp³-hybridized carbons (Fsp3) is 0.308. The van der Waals surface area contributed by atoms with Crippen LogP contribution < -0.4 is 4.74 Å². The summed E-state index contributed by atoms with van der Waals surface area (Å²) in [6.07, 6.45) is 4.58. The molecule has 3 heterocycles. The normalized spacial score (nSPS) is 15.5. The van der Waals surface area contributed by atoms with Gasteiger partial charge in [0.25, 0.3) is 0 Å². The third kappa shape index (κ3) is 4.78. The highest BCUT2D eigenvalue weighted by atomic mass is 32.2. The van der Waals surface area contributed by atoms with E-state index in [1.54, 1.807) is 13.3 Å². The Morgan fingerprint density at radius 2 is 1.80 bits per heavy atom. The van der Waals surface area contributed by atoms with Gasteiger partial charge in [0.1, 0.15) is 22.9 Å². The average molecular weight is 495 g/mol. The number of hydrogen-bond acceptors (Lipinski definition) is 5. The minimum absolute atomic E-state index is 0.00845. The lowest BCUT2D eigenvalue weighted by Gasteiger charge is -2.32. The van der Waals surface area contributed by atoms with Crippen molar-refractivity contribution in [3.63, 3.8) is 0 Å². The molecule has 0 radical (unpaired) electrons. The Labute approximate surface area is 204 Å². The monoisotopic (exact) mass is 494 g/mol. The quantitative estimate of drug-likeness (QED) is 0.381. The Morgan fingerprint density at radius 1 is 1.03 bits per heavy atom. The molecule has 2 aromatic carbocycles. The molecular formula is C26H27FN4O3S. The molecule has 1 aliphatic heterocycles. The van der Waals surface area contributed by atoms with Gasteiger partial charge in [-0.05, 0) is 67.3 Å². The van der Waals surface area contributed by atoms with E-state index in [2.05, 4.69) is 21.7 Å². The molecule has 35 heavy (non-hydrogen) atoms. The van der Waals surface area contributed by atoms with Gasteiger partial charge in [-0.1, -0.05) is 18.2 Å². The first kappa shape index (κ1) is 23.4. The van der Waals surface area contributed by atoms with Crippen molar-refractivity contribution in [2.24, 2.45) is 0 Å². The van der Waals surface area contributed by atoms with Crippen molar-refractivity contribution >= 4 is 21.2 Å². The van der Waals surface area contributed by atoms with Crippen LogP contribution in [0.5, 0.6) is 5.75 Å². The summed E-state index contributed by atoms with van der Waals surface area (Å²) < 4.78 is 48.6. The second-order valence-electron chi connectivity index (χ2n) is 8.68. The number of methoxy groups -OCH3 is 1. The number of halogens is 1. The standard InChI is InChI=1S/C26H27FN4O3S/c1-34-22-10-7-19(8-11-22)9-12-25-29-24-6-3-15-28-26(24)31(25)21-13-16-30(17-14-21)35(32,33)23-5-2-4-20(27)18-23/h2-8,10-11,15,18,21H,9,12-14,16-17H2,1H3. The lowest BCUT2D eigenvalue weighted by atomic mass is 10.1. The maximum Gasteiger partial charge on any atom is 0.243 e. The average Bonchev–Trinajstić information content (AvgIpc) is 3.26. The summed E-state index contributed by atoms with van der Waals surface area (Å²) in [4.78, 5) is 9.45. The van der Waals surface area contributed by atoms with Crippen LogP contribution in [0.3, 0.4) is 0 Å². The molecule has 0 unspecified atom stereocenters. The van der Waals surface area contributed by atoms with E-state index >= 15 is 0 Å². The van der Waals surface area contributed by atoms with Crippen LogP contribution >= 0.6 is 0 Å². The Morgan fingerprint density at radius 3 is 2.51 bits per heavy atom. The predicted octanol–water partition coefficient (Wildman–Crippen LogP) is 4.39. The third-order valence-corrected chi connectivity index (χ3v) is 8.44. The minimum atomic E-state index is -3.74. The molecule has 1 saturated heterocycles. The molecule has 2 aromatic heterocycles. The summed E-state index contributed by atoms with van der Waals surface area (Å²) in [6, 6.07) is 17.1. The lowest BCUT2D eigenvalue weighted by molar-refractivity contribution is 0.273. The number of hydrogen-bond donors (Lipinski definition) is 0. The molecule has 0 N–H and O–H groups in total. The SMILES string of the molecule is COc1ccc(CCc2nc3cccnc3n2C2CCN(S(=O)(=O)c3cccc(F)c3)CC2)cc1. The van der Waals surface area contributed by atoms with Gasteiger partial charge in [-0.15, -0.1) is 0 Å². The zero-order valence-corrected chi connectivity index (χ0v) is 20.3. The Bertz CT molecular complexity index is 1430. The molecule has 1 aliphatic rings. The summed E-state index contributed by atoms with van der Waals surface area (Å²) in [5.74, 6) is 1.21. The van der Waals surface area contributed by atoms with E-state index in [4.69, 9.17) is 9.72 Å². The highest BCUT2D eigenvalue weighted by Crippen LogP contribution is 2.31. The summed E-state index contributed by atoms with van der Waals surface area (Å²) in [7, 11) is -2.09. The molecule has 1 fully saturated rings. The number of ether oxygens (including phenoxy) is 1. The number of aryl methyl sites for hydroxylation is 2. The van der Waals surface area contributed by atoms with Gasteiger partial charge in [0.2, 0.25) is 10.0 Å². The van der Waals surface area contributed by atoms with Crippen LogP contribution in [0, 0.1) is 5.82 Å². The van der Waals surface area contributed by atoms with Crippen molar-refractivity contribution in [3.05, 3.63) is 84.1 Å². The summed E-state index contributed by atoms with van der Waals surface area (Å²) in [5.41, 5.74) is 2.85. The lowest BCUT2D eigenvalue weighted by Crippen LogP contribution is -2.39. The summed E-state index contributed by atoms with van der Waals surface area (Å²) >= 11 is 0. The van der Waals surface area contributed by atoms with Crippen molar-refractivity contribution < 1.29 is 17.5 Å². The molecule has 0 bridgehead atoms. The number of aromatic nitrogens is 3. The highest BCUT2D eigenvalue weighted by molar-refractivity contribution is 7.89. The van der Waals surface area contributed by atoms with Crippen LogP contribution in [0.25, 0.3) is 11.2 Å². The van der Waals surface area contributed by atoms with E-state index in [1.807, 2.05) is 24.3 Å². The molecule has 0 spiro atoms. The maximum atomic E-state index is 13.6. The van der Waals surface area contributed by atoms with Crippen molar-refractivity contribution in [1.29, 1.82) is 0 Å². The van der Waals surface area contributed by atoms with Gasteiger partial charge in [-0.3, -0.25) is 0 Å². The second kappa shape index (κ2) is 9.75. The molecule has 182 valence electrons. The fourth-order valence-corrected chi connectivity index (χ4v) is 6.20. The van der Waals surface area contributed by atoms with E-state index in [0.717, 1.165) is 41.6 Å². The Balaban J connectivity index is 1.36. The van der Waals surface area contributed by atoms with Gasteiger partial charge in [0.15, 0.2) is 5.65 Å². The number of nitrogens with zero attached hydrogens (tertiary/aromatic N) is 4. The Hall–Kier alpha value is -3.30. The van der Waals surface area contributed by atoms with Crippen molar-refractivity contribution in [2.75, 3.05) is 20.2 Å². The van der Waals surface area contributed by atoms with Crippen LogP contribution in [0.4, 0.5) is 4.39 Å². The molecular weight excluding hydrogens is 467 g/mol. The number of benzene rings is 2. The van der Waals surface area contributed by atoms with Gasteiger partial charge < -0.3 is 9.30 Å². The van der Waals surface area contributed by atoms with Crippen LogP contribution in [0.2, 0.25) is 0 Å². The smallest absolute Gasteiger partial charge is 0.243 e. The van der Waals surface area contributed by atoms with E-state index < -0.39 is 15.8 Å². The van der Waals surface area contributed by atoms with Gasteiger partial charge in [0.05, 0.1) is 12.0 Å². The highest BCUT2D eigenvalue weighted by Gasteiger charge is 2.32. The van der Waals surface area contributed by atoms with E-state index in [-0.39, 0.29) is 10.9 Å². The van der Waals surface area contributed by atoms with Crippen LogP contribution in [0.1, 0.15) is 30.3 Å². The zero-order valence-electron chi connectivity index (χ0n) is 19.5. The zero-order chi connectivity index (χ0) is 24.4. The summed E-state index contributed by atoms with van der Waals surface area (Å²) in [5, 5.41) is 0. The van der Waals surface area contributed by atoms with Gasteiger partial charge >= 0.3 is 0 Å². The van der Waals surface area contributed by atoms with Crippen molar-refractivity contribution in [3.8, 4) is 5.75 Å². The molecule has 9 heteroatoms. The topological polar surface area (TPSA) is 77.3 Å². The largest absolute Gasteiger partial charge is 0.497 e. The molecule has 0 atom stereocenters. The maximum absolute atomic E-state index is 13.6. The van der Waals surface area contributed by atoms with Crippen LogP contribution in [-0.2, 0) is 22.9 Å². The number of pyridine rings is 1. The molecule has 0 saturated carbocycles. The van der Waals surface area contributed by atoms with Gasteiger partial charge in [-0.2, -0.15) is 4.31 Å². The van der Waals surface area contributed by atoms with Crippen molar-refractivity contribution in [2.45, 2.75) is 36.6 Å². The number of piperidine rings is 1. The number of fused-ring (bicyclic) bond motifs is 1. The molecule has 0 amide bonds. The summed E-state index contributed by atoms with van der Waals surface area (Å²) in [6.45, 7) is 0.710. The number of imidazole rings is 1. The number of rotatable bonds is 7. The number of sulfonamides is 1. The predicted molar refractivity (Wildman–Crippen MR) is 131 cm³/mol. The van der Waals surface area contributed by atoms with Crippen molar-refractivity contribution in [1.82, 2.24) is 18.8 Å². The molecule has 5 rings (SSSR count). The fourth-order valence-electron chi connectivity index (χ4n) is 4.70. The molecule has 7 nitrogen and oxygen atoms in total. The van der Waals surface area contributed by atoms with E-state index in [1.165, 1.54) is 28.1 Å².